The van der Waals surface area contributed by atoms with E-state index < -0.39 is 29.8 Å². The molecule has 2 aromatic rings. The molecule has 2 aliphatic rings. The number of amides is 4. The van der Waals surface area contributed by atoms with Crippen LogP contribution < -0.4 is 10.6 Å². The number of nitrogens with zero attached hydrogens (tertiary/aromatic N) is 1. The minimum Gasteiger partial charge on any atom is -0.340 e. The number of carbonyl (C=O) groups excluding carboxylic acids is 4. The Morgan fingerprint density at radius 2 is 1.44 bits per heavy atom. The summed E-state index contributed by atoms with van der Waals surface area (Å²) in [4.78, 5) is 53.5. The Morgan fingerprint density at radius 3 is 1.94 bits per heavy atom. The van der Waals surface area contributed by atoms with Crippen molar-refractivity contribution >= 4 is 29.3 Å². The van der Waals surface area contributed by atoms with Crippen LogP contribution in [0.1, 0.15) is 78.3 Å². The number of nitrogens with one attached hydrogen (secondary N) is 2. The van der Waals surface area contributed by atoms with E-state index in [0.717, 1.165) is 34.6 Å². The fraction of sp³-hybridized carbons (Fsp3) is 0.448. The Morgan fingerprint density at radius 1 is 0.917 bits per heavy atom. The van der Waals surface area contributed by atoms with Crippen LogP contribution in [0, 0.1) is 25.2 Å². The number of hydrogen-bond donors (Lipinski definition) is 2. The maximum Gasteiger partial charge on any atom is 0.262 e. The molecule has 0 unspecified atom stereocenters. The molecule has 1 aliphatic carbocycles. The molecule has 0 bridgehead atoms. The molecule has 0 saturated heterocycles. The highest BCUT2D eigenvalue weighted by Crippen LogP contribution is 2.42. The largest absolute Gasteiger partial charge is 0.340 e. The highest BCUT2D eigenvalue weighted by molar-refractivity contribution is 6.22. The lowest BCUT2D eigenvalue weighted by Gasteiger charge is -2.43. The molecule has 1 saturated carbocycles. The molecule has 1 heterocycles. The summed E-state index contributed by atoms with van der Waals surface area (Å²) in [7, 11) is 0. The predicted molar refractivity (Wildman–Crippen MR) is 139 cm³/mol. The molecule has 36 heavy (non-hydrogen) atoms. The van der Waals surface area contributed by atoms with E-state index in [4.69, 9.17) is 0 Å². The first-order valence-electron chi connectivity index (χ1n) is 12.6. The number of aryl methyl sites for hydroxylation is 2. The van der Waals surface area contributed by atoms with Gasteiger partial charge in [-0.15, -0.1) is 0 Å². The van der Waals surface area contributed by atoms with Gasteiger partial charge < -0.3 is 10.6 Å². The second kappa shape index (κ2) is 9.52. The first-order chi connectivity index (χ1) is 16.9. The van der Waals surface area contributed by atoms with Crippen molar-refractivity contribution in [3.63, 3.8) is 0 Å². The standard InChI is InChI=1S/C29H35N3O4/c1-18-9-8-10-19(2)24(18)30-27(36)29(15-13-20(14-16-29)28(3,4)5)31-23(33)17-32-25(34)21-11-6-7-12-22(21)26(32)35/h6-12,20H,13-17H2,1-5H3,(H,30,36)(H,31,33). The molecule has 7 nitrogen and oxygen atoms in total. The number of benzene rings is 2. The normalized spacial score (nSPS) is 21.8. The van der Waals surface area contributed by atoms with Crippen molar-refractivity contribution in [3.8, 4) is 0 Å². The fourth-order valence-corrected chi connectivity index (χ4v) is 5.46. The smallest absolute Gasteiger partial charge is 0.262 e. The van der Waals surface area contributed by atoms with E-state index in [1.807, 2.05) is 32.0 Å². The molecule has 0 aromatic heterocycles. The van der Waals surface area contributed by atoms with Crippen molar-refractivity contribution < 1.29 is 19.2 Å². The number of imide groups is 1. The van der Waals surface area contributed by atoms with Gasteiger partial charge in [0.25, 0.3) is 11.8 Å². The minimum atomic E-state index is -1.12. The van der Waals surface area contributed by atoms with Crippen molar-refractivity contribution in [1.29, 1.82) is 0 Å². The zero-order valence-electron chi connectivity index (χ0n) is 21.7. The van der Waals surface area contributed by atoms with E-state index in [2.05, 4.69) is 31.4 Å². The van der Waals surface area contributed by atoms with E-state index in [9.17, 15) is 19.2 Å². The molecule has 7 heteroatoms. The lowest BCUT2D eigenvalue weighted by molar-refractivity contribution is -0.132. The lowest BCUT2D eigenvalue weighted by Crippen LogP contribution is -2.60. The molecule has 1 aliphatic heterocycles. The van der Waals surface area contributed by atoms with Crippen LogP contribution in [0.4, 0.5) is 5.69 Å². The van der Waals surface area contributed by atoms with Gasteiger partial charge in [0.1, 0.15) is 12.1 Å². The van der Waals surface area contributed by atoms with E-state index in [1.165, 1.54) is 0 Å². The van der Waals surface area contributed by atoms with Crippen LogP contribution in [-0.2, 0) is 9.59 Å². The Balaban J connectivity index is 1.55. The van der Waals surface area contributed by atoms with Crippen LogP contribution in [0.15, 0.2) is 42.5 Å². The zero-order valence-corrected chi connectivity index (χ0v) is 21.7. The second-order valence-electron chi connectivity index (χ2n) is 11.2. The van der Waals surface area contributed by atoms with Gasteiger partial charge in [-0.2, -0.15) is 0 Å². The highest BCUT2D eigenvalue weighted by atomic mass is 16.2. The van der Waals surface area contributed by atoms with Crippen molar-refractivity contribution in [1.82, 2.24) is 10.2 Å². The lowest BCUT2D eigenvalue weighted by atomic mass is 9.67. The Hall–Kier alpha value is -3.48. The zero-order chi connectivity index (χ0) is 26.3. The van der Waals surface area contributed by atoms with Gasteiger partial charge in [0.2, 0.25) is 11.8 Å². The highest BCUT2D eigenvalue weighted by Gasteiger charge is 2.46. The number of carbonyl (C=O) groups is 4. The predicted octanol–water partition coefficient (Wildman–Crippen LogP) is 4.63. The summed E-state index contributed by atoms with van der Waals surface area (Å²) in [6, 6.07) is 12.4. The van der Waals surface area contributed by atoms with Crippen molar-refractivity contribution in [3.05, 3.63) is 64.7 Å². The minimum absolute atomic E-state index is 0.0966. The molecule has 1 fully saturated rings. The van der Waals surface area contributed by atoms with Gasteiger partial charge in [0.15, 0.2) is 0 Å². The number of rotatable bonds is 5. The molecular weight excluding hydrogens is 454 g/mol. The molecule has 4 amide bonds. The summed E-state index contributed by atoms with van der Waals surface area (Å²) in [5.74, 6) is -1.34. The van der Waals surface area contributed by atoms with Gasteiger partial charge in [-0.1, -0.05) is 51.1 Å². The van der Waals surface area contributed by atoms with Crippen LogP contribution >= 0.6 is 0 Å². The van der Waals surface area contributed by atoms with Crippen molar-refractivity contribution in [2.45, 2.75) is 65.8 Å². The van der Waals surface area contributed by atoms with E-state index >= 15 is 0 Å². The maximum atomic E-state index is 13.8. The van der Waals surface area contributed by atoms with Gasteiger partial charge in [0, 0.05) is 5.69 Å². The van der Waals surface area contributed by atoms with Gasteiger partial charge in [-0.3, -0.25) is 24.1 Å². The van der Waals surface area contributed by atoms with E-state index in [-0.39, 0.29) is 11.3 Å². The van der Waals surface area contributed by atoms with Crippen LogP contribution in [-0.4, -0.2) is 40.6 Å². The molecular formula is C29H35N3O4. The number of hydrogen-bond acceptors (Lipinski definition) is 4. The first kappa shape index (κ1) is 25.6. The first-order valence-corrected chi connectivity index (χ1v) is 12.6. The molecule has 2 N–H and O–H groups in total. The number of anilines is 1. The summed E-state index contributed by atoms with van der Waals surface area (Å²) in [5, 5.41) is 6.03. The third-order valence-electron chi connectivity index (χ3n) is 7.78. The molecule has 190 valence electrons. The summed E-state index contributed by atoms with van der Waals surface area (Å²) in [5.41, 5.74) is 2.20. The Kier molecular flexibility index (Phi) is 6.78. The van der Waals surface area contributed by atoms with Gasteiger partial charge in [0.05, 0.1) is 11.1 Å². The third kappa shape index (κ3) is 4.79. The van der Waals surface area contributed by atoms with Gasteiger partial charge >= 0.3 is 0 Å². The van der Waals surface area contributed by atoms with Crippen LogP contribution in [0.5, 0.6) is 0 Å². The molecule has 0 spiro atoms. The van der Waals surface area contributed by atoms with Crippen LogP contribution in [0.25, 0.3) is 0 Å². The number of fused-ring (bicyclic) bond motifs is 1. The summed E-state index contributed by atoms with van der Waals surface area (Å²) < 4.78 is 0. The average Bonchev–Trinajstić information content (AvgIpc) is 3.06. The second-order valence-corrected chi connectivity index (χ2v) is 11.2. The molecule has 2 aromatic carbocycles. The average molecular weight is 490 g/mol. The van der Waals surface area contributed by atoms with Crippen LogP contribution in [0.2, 0.25) is 0 Å². The molecule has 0 atom stereocenters. The topological polar surface area (TPSA) is 95.6 Å². The summed E-state index contributed by atoms with van der Waals surface area (Å²) >= 11 is 0. The molecule has 4 rings (SSSR count). The SMILES string of the molecule is Cc1cccc(C)c1NC(=O)C1(NC(=O)CN2C(=O)c3ccccc3C2=O)CCC(C(C)(C)C)CC1. The monoisotopic (exact) mass is 489 g/mol. The van der Waals surface area contributed by atoms with E-state index in [0.29, 0.717) is 29.9 Å². The van der Waals surface area contributed by atoms with Gasteiger partial charge in [-0.05, 0) is 74.1 Å². The Bertz CT molecular complexity index is 1160. The summed E-state index contributed by atoms with van der Waals surface area (Å²) in [6.07, 6.45) is 2.55. The van der Waals surface area contributed by atoms with Crippen molar-refractivity contribution in [2.24, 2.45) is 11.3 Å². The summed E-state index contributed by atoms with van der Waals surface area (Å²) in [6.45, 7) is 10.0. The quantitative estimate of drug-likeness (QED) is 0.599. The van der Waals surface area contributed by atoms with Crippen LogP contribution in [0.3, 0.4) is 0 Å². The van der Waals surface area contributed by atoms with Gasteiger partial charge in [-0.25, -0.2) is 0 Å². The van der Waals surface area contributed by atoms with Crippen molar-refractivity contribution in [2.75, 3.05) is 11.9 Å². The molecule has 0 radical (unpaired) electrons. The maximum absolute atomic E-state index is 13.8. The Labute approximate surface area is 212 Å². The third-order valence-corrected chi connectivity index (χ3v) is 7.78. The fourth-order valence-electron chi connectivity index (χ4n) is 5.46. The van der Waals surface area contributed by atoms with E-state index in [1.54, 1.807) is 24.3 Å². The number of para-hydroxylation sites is 1.